The standard InChI is InChI=1S/C76H143NO8/c1-6-8-10-12-14-16-18-20-22-24-26-28-29-30-31-32-33-34-35-36-37-38-39-40-41-42-43-44-45-47-49-51-53-55-57-59-61-63-65-67-74(79)85-72(71-84-76(75(80)81)82-69-68-77(3,4)5)70-83-73(78)66-64-62-60-58-56-54-52-50-48-46-27-25-23-21-19-17-15-13-11-9-7-2/h18,20,24,26,29-30,72,76H,6-17,19,21-23,25,27-28,31-71H2,1-5H3/p+1/b20-18-,26-24-,30-29-. The molecular formula is C76H144NO8+. The van der Waals surface area contributed by atoms with E-state index in [9.17, 15) is 19.5 Å². The fraction of sp³-hybridized carbons (Fsp3) is 0.882. The Balaban J connectivity index is 3.96. The minimum absolute atomic E-state index is 0.174. The number of rotatable bonds is 70. The summed E-state index contributed by atoms with van der Waals surface area (Å²) in [5, 5.41) is 9.75. The lowest BCUT2D eigenvalue weighted by atomic mass is 10.0. The summed E-state index contributed by atoms with van der Waals surface area (Å²) >= 11 is 0. The van der Waals surface area contributed by atoms with Crippen LogP contribution in [0.1, 0.15) is 373 Å². The topological polar surface area (TPSA) is 108 Å². The van der Waals surface area contributed by atoms with Crippen molar-refractivity contribution >= 4 is 17.9 Å². The van der Waals surface area contributed by atoms with Crippen molar-refractivity contribution in [2.24, 2.45) is 0 Å². The van der Waals surface area contributed by atoms with Crippen LogP contribution in [0.15, 0.2) is 36.5 Å². The molecule has 500 valence electrons. The number of quaternary nitrogens is 1. The number of allylic oxidation sites excluding steroid dienone is 6. The highest BCUT2D eigenvalue weighted by Gasteiger charge is 2.25. The predicted octanol–water partition coefficient (Wildman–Crippen LogP) is 23.1. The van der Waals surface area contributed by atoms with E-state index >= 15 is 0 Å². The van der Waals surface area contributed by atoms with Gasteiger partial charge in [-0.2, -0.15) is 0 Å². The SMILES string of the molecule is CCCCCCC/C=C\C/C=C\C/C=C\CCCCCCCCCCCCCCCCCCCCCCCCCCC(=O)OC(COC(=O)CCCCCCCCCCCCCCCCCCCCCCC)COC(OCC[N+](C)(C)C)C(=O)O. The zero-order valence-corrected chi connectivity index (χ0v) is 57.3. The van der Waals surface area contributed by atoms with Gasteiger partial charge in [-0.3, -0.25) is 9.59 Å². The maximum atomic E-state index is 13.0. The van der Waals surface area contributed by atoms with Crippen molar-refractivity contribution in [3.05, 3.63) is 36.5 Å². The van der Waals surface area contributed by atoms with Gasteiger partial charge in [0.25, 0.3) is 6.29 Å². The number of ether oxygens (including phenoxy) is 4. The molecule has 0 rings (SSSR count). The van der Waals surface area contributed by atoms with Gasteiger partial charge in [0.15, 0.2) is 6.10 Å². The fourth-order valence-corrected chi connectivity index (χ4v) is 11.2. The summed E-state index contributed by atoms with van der Waals surface area (Å²) in [7, 11) is 5.99. The van der Waals surface area contributed by atoms with E-state index in [1.807, 2.05) is 21.1 Å². The molecule has 85 heavy (non-hydrogen) atoms. The van der Waals surface area contributed by atoms with Crippen molar-refractivity contribution in [3.8, 4) is 0 Å². The molecule has 0 spiro atoms. The smallest absolute Gasteiger partial charge is 0.361 e. The maximum absolute atomic E-state index is 13.0. The normalized spacial score (nSPS) is 12.8. The first-order valence-electron chi connectivity index (χ1n) is 37.2. The van der Waals surface area contributed by atoms with Gasteiger partial charge in [0.2, 0.25) is 0 Å². The summed E-state index contributed by atoms with van der Waals surface area (Å²) < 4.78 is 23.0. The number of hydrogen-bond donors (Lipinski definition) is 1. The molecule has 2 atom stereocenters. The summed E-state index contributed by atoms with van der Waals surface area (Å²) in [5.74, 6) is -1.97. The van der Waals surface area contributed by atoms with Crippen LogP contribution in [0.2, 0.25) is 0 Å². The molecule has 0 saturated heterocycles. The number of carboxylic acids is 1. The van der Waals surface area contributed by atoms with E-state index in [-0.39, 0.29) is 38.2 Å². The van der Waals surface area contributed by atoms with Crippen molar-refractivity contribution in [2.45, 2.75) is 386 Å². The van der Waals surface area contributed by atoms with Gasteiger partial charge in [-0.25, -0.2) is 4.79 Å². The third-order valence-corrected chi connectivity index (χ3v) is 16.9. The van der Waals surface area contributed by atoms with Gasteiger partial charge in [-0.05, 0) is 51.4 Å². The lowest BCUT2D eigenvalue weighted by Gasteiger charge is -2.25. The Bertz CT molecular complexity index is 1490. The molecule has 9 heteroatoms. The van der Waals surface area contributed by atoms with Crippen LogP contribution in [0.25, 0.3) is 0 Å². The van der Waals surface area contributed by atoms with E-state index in [1.165, 1.54) is 295 Å². The maximum Gasteiger partial charge on any atom is 0.361 e. The van der Waals surface area contributed by atoms with E-state index in [4.69, 9.17) is 18.9 Å². The van der Waals surface area contributed by atoms with E-state index in [0.717, 1.165) is 51.4 Å². The van der Waals surface area contributed by atoms with Gasteiger partial charge in [0, 0.05) is 12.8 Å². The van der Waals surface area contributed by atoms with Crippen LogP contribution in [0.3, 0.4) is 0 Å². The number of aliphatic carboxylic acids is 1. The molecule has 9 nitrogen and oxygen atoms in total. The molecule has 1 N–H and O–H groups in total. The van der Waals surface area contributed by atoms with Crippen LogP contribution < -0.4 is 0 Å². The zero-order valence-electron chi connectivity index (χ0n) is 57.3. The van der Waals surface area contributed by atoms with Gasteiger partial charge in [0.05, 0.1) is 34.4 Å². The lowest BCUT2D eigenvalue weighted by Crippen LogP contribution is -2.40. The summed E-state index contributed by atoms with van der Waals surface area (Å²) in [6, 6.07) is 0. The summed E-state index contributed by atoms with van der Waals surface area (Å²) in [6.07, 6.45) is 82.8. The lowest BCUT2D eigenvalue weighted by molar-refractivity contribution is -0.870. The Morgan fingerprint density at radius 1 is 0.353 bits per heavy atom. The second-order valence-electron chi connectivity index (χ2n) is 26.6. The molecular weight excluding hydrogens is 1050 g/mol. The molecule has 0 aliphatic heterocycles. The first-order valence-corrected chi connectivity index (χ1v) is 37.2. The molecule has 0 amide bonds. The van der Waals surface area contributed by atoms with Crippen LogP contribution in [-0.4, -0.2) is 87.4 Å². The van der Waals surface area contributed by atoms with E-state index in [0.29, 0.717) is 17.4 Å². The monoisotopic (exact) mass is 1200 g/mol. The molecule has 0 bridgehead atoms. The van der Waals surface area contributed by atoms with E-state index in [1.54, 1.807) is 0 Å². The Labute approximate surface area is 528 Å². The minimum Gasteiger partial charge on any atom is -0.477 e. The van der Waals surface area contributed by atoms with Crippen LogP contribution in [-0.2, 0) is 33.3 Å². The molecule has 0 aromatic carbocycles. The van der Waals surface area contributed by atoms with Crippen LogP contribution in [0, 0.1) is 0 Å². The number of likely N-dealkylation sites (N-methyl/N-ethyl adjacent to an activating group) is 1. The van der Waals surface area contributed by atoms with Crippen molar-refractivity contribution in [2.75, 3.05) is 47.5 Å². The van der Waals surface area contributed by atoms with Gasteiger partial charge >= 0.3 is 17.9 Å². The number of unbranched alkanes of at least 4 members (excludes halogenated alkanes) is 49. The molecule has 0 saturated carbocycles. The molecule has 0 aliphatic rings. The van der Waals surface area contributed by atoms with Crippen molar-refractivity contribution in [3.63, 3.8) is 0 Å². The van der Waals surface area contributed by atoms with Gasteiger partial charge < -0.3 is 28.5 Å². The highest BCUT2D eigenvalue weighted by Crippen LogP contribution is 2.19. The Morgan fingerprint density at radius 3 is 0.941 bits per heavy atom. The number of carbonyl (C=O) groups excluding carboxylic acids is 2. The molecule has 0 radical (unpaired) electrons. The average Bonchev–Trinajstić information content (AvgIpc) is 3.49. The molecule has 0 aromatic heterocycles. The molecule has 0 aliphatic carbocycles. The van der Waals surface area contributed by atoms with Gasteiger partial charge in [0.1, 0.15) is 13.2 Å². The van der Waals surface area contributed by atoms with E-state index < -0.39 is 18.4 Å². The highest BCUT2D eigenvalue weighted by molar-refractivity contribution is 5.71. The number of nitrogens with zero attached hydrogens (tertiary/aromatic N) is 1. The number of hydrogen-bond acceptors (Lipinski definition) is 7. The Kier molecular flexibility index (Phi) is 65.5. The highest BCUT2D eigenvalue weighted by atomic mass is 16.7. The third-order valence-electron chi connectivity index (χ3n) is 16.9. The van der Waals surface area contributed by atoms with Gasteiger partial charge in [-0.1, -0.05) is 346 Å². The molecule has 0 fully saturated rings. The summed E-state index contributed by atoms with van der Waals surface area (Å²) in [4.78, 5) is 37.6. The first kappa shape index (κ1) is 82.5. The van der Waals surface area contributed by atoms with Crippen LogP contribution in [0.5, 0.6) is 0 Å². The Hall–Kier alpha value is -2.49. The first-order chi connectivity index (χ1) is 41.6. The minimum atomic E-state index is -1.51. The van der Waals surface area contributed by atoms with Crippen molar-refractivity contribution < 1.29 is 42.9 Å². The fourth-order valence-electron chi connectivity index (χ4n) is 11.2. The summed E-state index contributed by atoms with van der Waals surface area (Å²) in [6.45, 7) is 4.94. The zero-order chi connectivity index (χ0) is 61.9. The number of carboxylic acid groups (broad SMARTS) is 1. The Morgan fingerprint density at radius 2 is 0.635 bits per heavy atom. The molecule has 2 unspecified atom stereocenters. The second-order valence-corrected chi connectivity index (χ2v) is 26.6. The van der Waals surface area contributed by atoms with Crippen molar-refractivity contribution in [1.29, 1.82) is 0 Å². The van der Waals surface area contributed by atoms with Crippen LogP contribution in [0.4, 0.5) is 0 Å². The van der Waals surface area contributed by atoms with E-state index in [2.05, 4.69) is 50.3 Å². The second kappa shape index (κ2) is 67.4. The molecule has 0 aromatic rings. The third kappa shape index (κ3) is 68.9. The average molecular weight is 1200 g/mol. The predicted molar refractivity (Wildman–Crippen MR) is 364 cm³/mol. The van der Waals surface area contributed by atoms with Crippen molar-refractivity contribution in [1.82, 2.24) is 0 Å². The molecule has 0 heterocycles. The van der Waals surface area contributed by atoms with Crippen LogP contribution >= 0.6 is 0 Å². The van der Waals surface area contributed by atoms with Gasteiger partial charge in [-0.15, -0.1) is 0 Å². The number of esters is 2. The quantitative estimate of drug-likeness (QED) is 0.0211. The summed E-state index contributed by atoms with van der Waals surface area (Å²) in [5.41, 5.74) is 0. The number of carbonyl (C=O) groups is 3. The largest absolute Gasteiger partial charge is 0.477 e.